The normalized spacial score (nSPS) is 54.9. The molecule has 99 heavy (non-hydrogen) atoms. The fourth-order valence-electron chi connectivity index (χ4n) is 17.8. The van der Waals surface area contributed by atoms with Crippen LogP contribution in [0.2, 0.25) is 0 Å². The zero-order valence-corrected chi connectivity index (χ0v) is 54.6. The minimum Gasteiger partial charge on any atom is -0.432 e. The van der Waals surface area contributed by atoms with E-state index in [0.29, 0.717) is 44.1 Å². The number of ether oxygens (including phenoxy) is 14. The van der Waals surface area contributed by atoms with Gasteiger partial charge in [-0.2, -0.15) is 0 Å². The Kier molecular flexibility index (Phi) is 24.1. The van der Waals surface area contributed by atoms with Gasteiger partial charge in [-0.25, -0.2) is 0 Å². The standard InChI is InChI=1S/C62H100O37/c1-20-12-61-10-6-28-59(3,29(61)7-11-62(20,19-61)99-57-50(96-54-45(84)40(79)34(73)25(16-66)90-54)47(36(75)27(18-68)92-57)94-52-43(82)38(77)32(71)23(14-64)88-52)8-5-9-60(28,4)58(85)98-56-49(46(35(74)26(17-67)91-56)93-51-42(81)37(76)31(70)22(13-63)87-51)97-55-48(41(80)30(69)21(2)86-55)95-53-44(83)39(78)33(72)24(15-65)89-53/h21-57,63-84H,1,5-19H2,2-4H3/t21-,22+,23+,24-,25+,26+,27+,28?,29-,30+,31+,32+,33-,34+,35+,36+,37-,38-,39+,40-,41+,42+,43+,44-,45+,46-,47-,48+,49+,50+,51-,52-,53+,54-,55-,56-,57-,59+,60+,61?,62?/m0/s1. The van der Waals surface area contributed by atoms with Crippen LogP contribution < -0.4 is 0 Å². The van der Waals surface area contributed by atoms with Gasteiger partial charge in [0.25, 0.3) is 0 Å². The smallest absolute Gasteiger partial charge is 0.314 e. The maximum atomic E-state index is 15.7. The first-order valence-electron chi connectivity index (χ1n) is 33.8. The Balaban J connectivity index is 0.879. The van der Waals surface area contributed by atoms with Gasteiger partial charge in [-0.15, -0.1) is 0 Å². The summed E-state index contributed by atoms with van der Waals surface area (Å²) in [6.45, 7) is 4.18. The van der Waals surface area contributed by atoms with E-state index in [-0.39, 0.29) is 25.2 Å². The van der Waals surface area contributed by atoms with Crippen molar-refractivity contribution in [1.29, 1.82) is 0 Å². The Morgan fingerprint density at radius 3 is 1.22 bits per heavy atom. The van der Waals surface area contributed by atoms with Gasteiger partial charge in [0.15, 0.2) is 43.8 Å². The van der Waals surface area contributed by atoms with Crippen LogP contribution >= 0.6 is 0 Å². The number of aliphatic hydroxyl groups is 22. The monoisotopic (exact) mass is 1440 g/mol. The van der Waals surface area contributed by atoms with Gasteiger partial charge >= 0.3 is 5.97 Å². The van der Waals surface area contributed by atoms with E-state index in [2.05, 4.69) is 13.5 Å². The molecule has 4 aliphatic carbocycles. The second kappa shape index (κ2) is 30.6. The van der Waals surface area contributed by atoms with E-state index >= 15 is 4.79 Å². The van der Waals surface area contributed by atoms with E-state index in [4.69, 9.17) is 66.3 Å². The van der Waals surface area contributed by atoms with E-state index in [1.165, 1.54) is 6.92 Å². The van der Waals surface area contributed by atoms with Crippen LogP contribution in [-0.2, 0) is 71.1 Å². The summed E-state index contributed by atoms with van der Waals surface area (Å²) in [4.78, 5) is 15.7. The van der Waals surface area contributed by atoms with Crippen molar-refractivity contribution in [3.05, 3.63) is 12.2 Å². The zero-order valence-electron chi connectivity index (χ0n) is 54.6. The molecule has 0 amide bonds. The van der Waals surface area contributed by atoms with Gasteiger partial charge in [0.05, 0.1) is 56.8 Å². The van der Waals surface area contributed by atoms with E-state index in [1.54, 1.807) is 6.92 Å². The highest BCUT2D eigenvalue weighted by molar-refractivity contribution is 5.77. The summed E-state index contributed by atoms with van der Waals surface area (Å²) in [5, 5.41) is 239. The molecular formula is C62H100O37. The highest BCUT2D eigenvalue weighted by Crippen LogP contribution is 2.74. The summed E-state index contributed by atoms with van der Waals surface area (Å²) in [5.41, 5.74) is -3.46. The number of fused-ring (bicyclic) bond motifs is 3. The lowest BCUT2D eigenvalue weighted by atomic mass is 9.41. The van der Waals surface area contributed by atoms with Gasteiger partial charge in [-0.3, -0.25) is 4.79 Å². The molecule has 2 bridgehead atoms. The molecule has 11 fully saturated rings. The summed E-state index contributed by atoms with van der Waals surface area (Å²) in [6.07, 6.45) is -62.4. The Bertz CT molecular complexity index is 2700. The van der Waals surface area contributed by atoms with Crippen LogP contribution in [0.3, 0.4) is 0 Å². The lowest BCUT2D eigenvalue weighted by molar-refractivity contribution is -0.402. The molecule has 37 heteroatoms. The third kappa shape index (κ3) is 14.0. The Hall–Kier alpha value is -2.19. The number of hydrogen-bond acceptors (Lipinski definition) is 37. The largest absolute Gasteiger partial charge is 0.432 e. The fraction of sp³-hybridized carbons (Fsp3) is 0.952. The van der Waals surface area contributed by atoms with Crippen LogP contribution in [-0.4, -0.2) is 378 Å². The first-order valence-corrected chi connectivity index (χ1v) is 33.8. The van der Waals surface area contributed by atoms with Gasteiger partial charge in [0.1, 0.15) is 159 Å². The molecule has 7 aliphatic heterocycles. The average Bonchev–Trinajstić information content (AvgIpc) is 1.60. The molecule has 570 valence electrons. The molecule has 37 nitrogen and oxygen atoms in total. The topological polar surface area (TPSA) is 591 Å². The van der Waals surface area contributed by atoms with Gasteiger partial charge in [0, 0.05) is 0 Å². The van der Waals surface area contributed by atoms with E-state index < -0.39 is 288 Å². The van der Waals surface area contributed by atoms with Crippen molar-refractivity contribution in [2.45, 2.75) is 299 Å². The van der Waals surface area contributed by atoms with Crippen molar-refractivity contribution in [1.82, 2.24) is 0 Å². The van der Waals surface area contributed by atoms with Crippen LogP contribution in [0.25, 0.3) is 0 Å². The number of rotatable bonds is 20. The molecule has 11 rings (SSSR count). The maximum Gasteiger partial charge on any atom is 0.314 e. The molecule has 0 radical (unpaired) electrons. The molecule has 7 saturated heterocycles. The Morgan fingerprint density at radius 1 is 0.404 bits per heavy atom. The second-order valence-corrected chi connectivity index (χ2v) is 29.2. The molecule has 11 aliphatic rings. The minimum absolute atomic E-state index is 0.199. The first-order chi connectivity index (χ1) is 46.8. The maximum absolute atomic E-state index is 15.7. The highest BCUT2D eigenvalue weighted by atomic mass is 16.8. The van der Waals surface area contributed by atoms with Crippen molar-refractivity contribution in [3.8, 4) is 0 Å². The predicted octanol–water partition coefficient (Wildman–Crippen LogP) is -10.6. The summed E-state index contributed by atoms with van der Waals surface area (Å²) in [6, 6.07) is 0. The summed E-state index contributed by atoms with van der Waals surface area (Å²) in [5.74, 6) is -1.58. The number of esters is 1. The number of hydrogen-bond donors (Lipinski definition) is 22. The minimum atomic E-state index is -2.12. The van der Waals surface area contributed by atoms with Crippen molar-refractivity contribution in [2.24, 2.45) is 28.1 Å². The van der Waals surface area contributed by atoms with Crippen molar-refractivity contribution >= 4 is 5.97 Å². The second-order valence-electron chi connectivity index (χ2n) is 29.2. The molecule has 0 aromatic carbocycles. The van der Waals surface area contributed by atoms with E-state index in [1.807, 2.05) is 0 Å². The summed E-state index contributed by atoms with van der Waals surface area (Å²) in [7, 11) is 0. The van der Waals surface area contributed by atoms with Crippen LogP contribution in [0.15, 0.2) is 12.2 Å². The summed E-state index contributed by atoms with van der Waals surface area (Å²) >= 11 is 0. The third-order valence-corrected chi connectivity index (χ3v) is 23.4. The lowest BCUT2D eigenvalue weighted by Gasteiger charge is -2.64. The first kappa shape index (κ1) is 77.9. The van der Waals surface area contributed by atoms with Gasteiger partial charge in [0.2, 0.25) is 6.29 Å². The molecular weight excluding hydrogens is 1340 g/mol. The van der Waals surface area contributed by atoms with Crippen molar-refractivity contribution in [2.75, 3.05) is 39.6 Å². The van der Waals surface area contributed by atoms with Crippen LogP contribution in [0, 0.1) is 28.1 Å². The van der Waals surface area contributed by atoms with Gasteiger partial charge < -0.3 is 179 Å². The number of aliphatic hydroxyl groups excluding tert-OH is 22. The van der Waals surface area contributed by atoms with Gasteiger partial charge in [-0.1, -0.05) is 19.9 Å². The molecule has 22 N–H and O–H groups in total. The Labute approximate surface area is 566 Å². The molecule has 0 aromatic heterocycles. The van der Waals surface area contributed by atoms with Crippen molar-refractivity contribution in [3.63, 3.8) is 0 Å². The fourth-order valence-corrected chi connectivity index (χ4v) is 17.8. The van der Waals surface area contributed by atoms with Crippen LogP contribution in [0.5, 0.6) is 0 Å². The third-order valence-electron chi connectivity index (χ3n) is 23.4. The quantitative estimate of drug-likeness (QED) is 0.0306. The van der Waals surface area contributed by atoms with E-state index in [9.17, 15) is 112 Å². The average molecular weight is 1440 g/mol. The summed E-state index contributed by atoms with van der Waals surface area (Å²) < 4.78 is 85.8. The Morgan fingerprint density at radius 2 is 0.778 bits per heavy atom. The molecule has 41 atom stereocenters. The number of carbonyl (C=O) groups is 1. The predicted molar refractivity (Wildman–Crippen MR) is 316 cm³/mol. The molecule has 3 unspecified atom stereocenters. The van der Waals surface area contributed by atoms with E-state index in [0.717, 1.165) is 0 Å². The SMILES string of the molecule is C=C1CC23CCC4[C@](C)(C(=O)O[C@@H]5O[C@H](CO)[C@@H](O)[C@H](O[C@@H]6O[C@H](CO)[C@@H](O)[C@H](O)[C@H]6O)[C@H]5O[C@@H]5O[C@@H](C)[C@@H](O)[C@@H](O)[C@H]5O[C@H]5O[C@@H](CO)[C@H](O)[C@@H](O)[C@@H]5O)CCC[C@@]4(C)[C@@H]2CCC1(O[C@@H]1O[C@H](CO)[C@@H](O)[C@H](O[C@@H]2O[C@H](CO)[C@@H](O)[C@H](O)[C@H]2O)[C@H]1O[C@@H]1O[C@H](CO)[C@@H](O)[C@H](O)[C@H]1O)C3. The molecule has 1 spiro atoms. The number of carbonyl (C=O) groups excluding carboxylic acids is 1. The zero-order chi connectivity index (χ0) is 72.0. The molecule has 4 saturated carbocycles. The molecule has 7 heterocycles. The van der Waals surface area contributed by atoms with Crippen molar-refractivity contribution < 1.29 is 183 Å². The van der Waals surface area contributed by atoms with Crippen LogP contribution in [0.4, 0.5) is 0 Å². The molecule has 0 aromatic rings. The van der Waals surface area contributed by atoms with Crippen LogP contribution in [0.1, 0.15) is 78.6 Å². The van der Waals surface area contributed by atoms with Gasteiger partial charge in [-0.05, 0) is 93.5 Å². The lowest BCUT2D eigenvalue weighted by Crippen LogP contribution is -2.68. The highest BCUT2D eigenvalue weighted by Gasteiger charge is 2.70.